The Morgan fingerprint density at radius 3 is 2.48 bits per heavy atom. The number of hydrogen-bond acceptors (Lipinski definition) is 4. The number of amides is 1. The highest BCUT2D eigenvalue weighted by atomic mass is 16.5. The zero-order valence-electron chi connectivity index (χ0n) is 17.3. The third kappa shape index (κ3) is 6.72. The summed E-state index contributed by atoms with van der Waals surface area (Å²) in [6, 6.07) is 22.0. The summed E-state index contributed by atoms with van der Waals surface area (Å²) in [5, 5.41) is 27.5. The van der Waals surface area contributed by atoms with Gasteiger partial charge in [0.15, 0.2) is 0 Å². The van der Waals surface area contributed by atoms with Gasteiger partial charge in [-0.1, -0.05) is 48.5 Å². The summed E-state index contributed by atoms with van der Waals surface area (Å²) in [6.45, 7) is 0.973. The third-order valence-electron chi connectivity index (χ3n) is 5.01. The van der Waals surface area contributed by atoms with Crippen molar-refractivity contribution in [1.29, 1.82) is 5.41 Å². The first-order valence-corrected chi connectivity index (χ1v) is 10.2. The molecule has 3 aromatic rings. The number of rotatable bonds is 10. The predicted octanol–water partition coefficient (Wildman–Crippen LogP) is 4.68. The van der Waals surface area contributed by atoms with Crippen LogP contribution in [0.25, 0.3) is 10.8 Å². The molecular formula is C24H27N3O4. The van der Waals surface area contributed by atoms with Gasteiger partial charge in [0.1, 0.15) is 11.6 Å². The van der Waals surface area contributed by atoms with E-state index < -0.39 is 6.09 Å². The lowest BCUT2D eigenvalue weighted by Gasteiger charge is -2.19. The predicted molar refractivity (Wildman–Crippen MR) is 120 cm³/mol. The fourth-order valence-electron chi connectivity index (χ4n) is 3.34. The molecule has 3 rings (SSSR count). The lowest BCUT2D eigenvalue weighted by Crippen LogP contribution is -2.33. The molecule has 7 heteroatoms. The summed E-state index contributed by atoms with van der Waals surface area (Å²) < 4.78 is 5.89. The van der Waals surface area contributed by atoms with Crippen LogP contribution >= 0.6 is 0 Å². The first kappa shape index (κ1) is 22.1. The summed E-state index contributed by atoms with van der Waals surface area (Å²) in [4.78, 5) is 12.7. The first-order chi connectivity index (χ1) is 15.0. The van der Waals surface area contributed by atoms with Gasteiger partial charge in [0.2, 0.25) is 0 Å². The van der Waals surface area contributed by atoms with Gasteiger partial charge in [-0.3, -0.25) is 16.1 Å². The highest BCUT2D eigenvalue weighted by Gasteiger charge is 2.13. The van der Waals surface area contributed by atoms with Gasteiger partial charge in [0.25, 0.3) is 0 Å². The van der Waals surface area contributed by atoms with E-state index in [1.165, 1.54) is 10.5 Å². The number of hydroxylamine groups is 1. The van der Waals surface area contributed by atoms with Crippen LogP contribution in [0.3, 0.4) is 0 Å². The summed E-state index contributed by atoms with van der Waals surface area (Å²) >= 11 is 0. The van der Waals surface area contributed by atoms with Crippen molar-refractivity contribution >= 4 is 22.7 Å². The summed E-state index contributed by atoms with van der Waals surface area (Å²) in [7, 11) is 0. The van der Waals surface area contributed by atoms with Gasteiger partial charge in [-0.15, -0.1) is 0 Å². The maximum absolute atomic E-state index is 11.5. The van der Waals surface area contributed by atoms with Gasteiger partial charge in [0.05, 0.1) is 6.61 Å². The van der Waals surface area contributed by atoms with Crippen molar-refractivity contribution < 1.29 is 19.8 Å². The minimum absolute atomic E-state index is 0.112. The topological polar surface area (TPSA) is 106 Å². The molecule has 1 amide bonds. The van der Waals surface area contributed by atoms with E-state index in [1.807, 2.05) is 54.6 Å². The number of nitrogens with zero attached hydrogens (tertiary/aromatic N) is 1. The van der Waals surface area contributed by atoms with Crippen LogP contribution in [0.2, 0.25) is 0 Å². The molecule has 0 saturated carbocycles. The monoisotopic (exact) mass is 421 g/mol. The minimum Gasteiger partial charge on any atom is -0.494 e. The lowest BCUT2D eigenvalue weighted by atomic mass is 10.1. The second kappa shape index (κ2) is 11.0. The number of aryl methyl sites for hydroxylation is 1. The molecule has 0 aliphatic carbocycles. The number of fused-ring (bicyclic) bond motifs is 1. The lowest BCUT2D eigenvalue weighted by molar-refractivity contribution is 0.143. The fourth-order valence-corrected chi connectivity index (χ4v) is 3.34. The standard InChI is InChI=1S/C24H27N3O4/c25-23(26-30)12-13-27(24(28)29)17-19-8-9-21-16-22(11-10-20(21)15-19)31-14-4-7-18-5-2-1-3-6-18/h1-3,5-6,8-11,15-16,30H,4,7,12-14,17H2,(H2,25,26)(H,28,29). The molecule has 0 aliphatic heterocycles. The molecule has 0 unspecified atom stereocenters. The number of hydrogen-bond donors (Lipinski definition) is 4. The number of carboxylic acid groups (broad SMARTS) is 1. The summed E-state index contributed by atoms with van der Waals surface area (Å²) in [5.41, 5.74) is 3.89. The van der Waals surface area contributed by atoms with Gasteiger partial charge in [-0.2, -0.15) is 0 Å². The number of benzene rings is 3. The zero-order valence-corrected chi connectivity index (χ0v) is 17.3. The van der Waals surface area contributed by atoms with Crippen LogP contribution in [0.5, 0.6) is 5.75 Å². The molecule has 0 saturated heterocycles. The molecule has 0 atom stereocenters. The molecule has 162 valence electrons. The molecule has 0 aromatic heterocycles. The SMILES string of the molecule is N=C(CCN(Cc1ccc2cc(OCCCc3ccccc3)ccc2c1)C(=O)O)NO. The second-order valence-electron chi connectivity index (χ2n) is 7.33. The second-order valence-corrected chi connectivity index (χ2v) is 7.33. The van der Waals surface area contributed by atoms with Gasteiger partial charge < -0.3 is 14.7 Å². The molecule has 0 radical (unpaired) electrons. The molecule has 31 heavy (non-hydrogen) atoms. The average molecular weight is 421 g/mol. The van der Waals surface area contributed by atoms with Gasteiger partial charge in [0, 0.05) is 19.5 Å². The normalized spacial score (nSPS) is 10.6. The van der Waals surface area contributed by atoms with E-state index in [0.29, 0.717) is 6.61 Å². The molecule has 0 fully saturated rings. The van der Waals surface area contributed by atoms with Crippen molar-refractivity contribution in [3.05, 3.63) is 77.9 Å². The number of ether oxygens (including phenoxy) is 1. The Hall–Kier alpha value is -3.58. The van der Waals surface area contributed by atoms with E-state index in [2.05, 4.69) is 12.1 Å². The Kier molecular flexibility index (Phi) is 7.84. The largest absolute Gasteiger partial charge is 0.494 e. The number of carbonyl (C=O) groups is 1. The van der Waals surface area contributed by atoms with Crippen molar-refractivity contribution in [2.24, 2.45) is 0 Å². The van der Waals surface area contributed by atoms with Gasteiger partial charge >= 0.3 is 6.09 Å². The molecule has 7 nitrogen and oxygen atoms in total. The van der Waals surface area contributed by atoms with Crippen LogP contribution < -0.4 is 10.2 Å². The van der Waals surface area contributed by atoms with Crippen LogP contribution in [-0.4, -0.2) is 40.3 Å². The van der Waals surface area contributed by atoms with E-state index in [9.17, 15) is 9.90 Å². The number of amidine groups is 1. The Bertz CT molecular complexity index is 1020. The Labute approximate surface area is 181 Å². The maximum Gasteiger partial charge on any atom is 0.407 e. The van der Waals surface area contributed by atoms with E-state index in [0.717, 1.165) is 34.9 Å². The molecular weight excluding hydrogens is 394 g/mol. The molecule has 0 bridgehead atoms. The van der Waals surface area contributed by atoms with E-state index >= 15 is 0 Å². The fraction of sp³-hybridized carbons (Fsp3) is 0.250. The first-order valence-electron chi connectivity index (χ1n) is 10.2. The summed E-state index contributed by atoms with van der Waals surface area (Å²) in [6.07, 6.45) is 0.965. The Morgan fingerprint density at radius 2 is 1.74 bits per heavy atom. The van der Waals surface area contributed by atoms with Crippen molar-refractivity contribution in [2.75, 3.05) is 13.2 Å². The highest BCUT2D eigenvalue weighted by Crippen LogP contribution is 2.23. The molecule has 0 aliphatic rings. The van der Waals surface area contributed by atoms with Crippen LogP contribution in [0.15, 0.2) is 66.7 Å². The van der Waals surface area contributed by atoms with Crippen molar-refractivity contribution in [2.45, 2.75) is 25.8 Å². The highest BCUT2D eigenvalue weighted by molar-refractivity contribution is 5.84. The van der Waals surface area contributed by atoms with Crippen LogP contribution in [0.4, 0.5) is 4.79 Å². The van der Waals surface area contributed by atoms with Gasteiger partial charge in [-0.25, -0.2) is 4.79 Å². The van der Waals surface area contributed by atoms with Crippen LogP contribution in [-0.2, 0) is 13.0 Å². The van der Waals surface area contributed by atoms with Crippen molar-refractivity contribution in [3.8, 4) is 5.75 Å². The molecule has 0 spiro atoms. The molecule has 0 heterocycles. The van der Waals surface area contributed by atoms with E-state index in [1.54, 1.807) is 5.48 Å². The molecule has 4 N–H and O–H groups in total. The van der Waals surface area contributed by atoms with Gasteiger partial charge in [-0.05, 0) is 52.9 Å². The van der Waals surface area contributed by atoms with Crippen molar-refractivity contribution in [3.63, 3.8) is 0 Å². The zero-order chi connectivity index (χ0) is 22.1. The van der Waals surface area contributed by atoms with E-state index in [-0.39, 0.29) is 25.3 Å². The average Bonchev–Trinajstić information content (AvgIpc) is 2.79. The smallest absolute Gasteiger partial charge is 0.407 e. The maximum atomic E-state index is 11.5. The Morgan fingerprint density at radius 1 is 1.00 bits per heavy atom. The Balaban J connectivity index is 1.57. The molecule has 3 aromatic carbocycles. The summed E-state index contributed by atoms with van der Waals surface area (Å²) in [5.74, 6) is 0.691. The van der Waals surface area contributed by atoms with Crippen molar-refractivity contribution in [1.82, 2.24) is 10.4 Å². The quantitative estimate of drug-likeness (QED) is 0.165. The van der Waals surface area contributed by atoms with E-state index in [4.69, 9.17) is 15.4 Å². The third-order valence-corrected chi connectivity index (χ3v) is 5.01. The van der Waals surface area contributed by atoms with Crippen LogP contribution in [0.1, 0.15) is 24.0 Å². The van der Waals surface area contributed by atoms with Crippen LogP contribution in [0, 0.1) is 5.41 Å². The number of nitrogens with one attached hydrogen (secondary N) is 2. The minimum atomic E-state index is -1.06.